The summed E-state index contributed by atoms with van der Waals surface area (Å²) >= 11 is 3.45. The first-order valence-electron chi connectivity index (χ1n) is 9.45. The molecule has 2 aromatic rings. The second kappa shape index (κ2) is 8.45. The number of likely N-dealkylation sites (N-methyl/N-ethyl adjacent to an activating group) is 1. The summed E-state index contributed by atoms with van der Waals surface area (Å²) < 4.78 is 33.5. The van der Waals surface area contributed by atoms with Gasteiger partial charge >= 0.3 is 0 Å². The average Bonchev–Trinajstić information content (AvgIpc) is 2.98. The van der Waals surface area contributed by atoms with Crippen LogP contribution in [0.4, 0.5) is 5.69 Å². The minimum atomic E-state index is -3.80. The second-order valence-corrected chi connectivity index (χ2v) is 10.2. The summed E-state index contributed by atoms with van der Waals surface area (Å²) in [7, 11) is -2.36. The highest BCUT2D eigenvalue weighted by atomic mass is 79.9. The number of amides is 1. The van der Waals surface area contributed by atoms with Crippen molar-refractivity contribution in [3.05, 3.63) is 52.0 Å². The van der Waals surface area contributed by atoms with E-state index in [1.807, 2.05) is 32.0 Å². The Labute approximate surface area is 180 Å². The number of halogens is 1. The van der Waals surface area contributed by atoms with Gasteiger partial charge in [-0.05, 0) is 74.7 Å². The van der Waals surface area contributed by atoms with Crippen LogP contribution in [0.2, 0.25) is 0 Å². The normalized spacial score (nSPS) is 16.2. The Kier molecular flexibility index (Phi) is 6.36. The van der Waals surface area contributed by atoms with E-state index in [1.165, 1.54) is 13.1 Å². The Morgan fingerprint density at radius 1 is 1.28 bits per heavy atom. The molecule has 0 N–H and O–H groups in total. The summed E-state index contributed by atoms with van der Waals surface area (Å²) in [6.45, 7) is 5.92. The predicted octanol–water partition coefficient (Wildman–Crippen LogP) is 3.75. The molecule has 0 fully saturated rings. The van der Waals surface area contributed by atoms with Crippen molar-refractivity contribution >= 4 is 37.5 Å². The molecule has 1 heterocycles. The zero-order valence-electron chi connectivity index (χ0n) is 17.0. The summed E-state index contributed by atoms with van der Waals surface area (Å²) in [5, 5.41) is 0. The topological polar surface area (TPSA) is 66.9 Å². The highest BCUT2D eigenvalue weighted by Crippen LogP contribution is 2.34. The van der Waals surface area contributed by atoms with Crippen molar-refractivity contribution in [1.82, 2.24) is 4.31 Å². The zero-order chi connectivity index (χ0) is 21.3. The SMILES string of the molecule is CCOc1ccc(S(=O)(=O)N(C)CC(=O)N2c3ccc(Br)cc3C[C@H]2C)cc1C. The van der Waals surface area contributed by atoms with Gasteiger partial charge in [0.1, 0.15) is 5.75 Å². The molecule has 0 saturated heterocycles. The molecule has 0 aliphatic carbocycles. The lowest BCUT2D eigenvalue weighted by atomic mass is 10.1. The number of hydrogen-bond acceptors (Lipinski definition) is 4. The highest BCUT2D eigenvalue weighted by Gasteiger charge is 2.33. The smallest absolute Gasteiger partial charge is 0.243 e. The van der Waals surface area contributed by atoms with E-state index in [9.17, 15) is 13.2 Å². The summed E-state index contributed by atoms with van der Waals surface area (Å²) in [6, 6.07) is 10.5. The van der Waals surface area contributed by atoms with Crippen molar-refractivity contribution in [3.63, 3.8) is 0 Å². The number of sulfonamides is 1. The first-order valence-corrected chi connectivity index (χ1v) is 11.7. The Morgan fingerprint density at radius 2 is 2.00 bits per heavy atom. The summed E-state index contributed by atoms with van der Waals surface area (Å²) in [6.07, 6.45) is 0.745. The van der Waals surface area contributed by atoms with E-state index in [0.29, 0.717) is 12.4 Å². The molecule has 1 aliphatic rings. The molecule has 29 heavy (non-hydrogen) atoms. The van der Waals surface area contributed by atoms with E-state index in [0.717, 1.165) is 32.0 Å². The van der Waals surface area contributed by atoms with E-state index in [-0.39, 0.29) is 23.4 Å². The fraction of sp³-hybridized carbons (Fsp3) is 0.381. The van der Waals surface area contributed by atoms with Crippen molar-refractivity contribution in [2.45, 2.75) is 38.1 Å². The van der Waals surface area contributed by atoms with Gasteiger partial charge in [-0.1, -0.05) is 15.9 Å². The van der Waals surface area contributed by atoms with Crippen LogP contribution in [0, 0.1) is 6.92 Å². The number of hydrogen-bond donors (Lipinski definition) is 0. The Balaban J connectivity index is 1.80. The lowest BCUT2D eigenvalue weighted by Crippen LogP contribution is -2.43. The van der Waals surface area contributed by atoms with Gasteiger partial charge in [-0.15, -0.1) is 0 Å². The number of nitrogens with zero attached hydrogens (tertiary/aromatic N) is 2. The number of aryl methyl sites for hydroxylation is 1. The van der Waals surface area contributed by atoms with E-state index in [4.69, 9.17) is 4.74 Å². The molecule has 0 aromatic heterocycles. The third kappa shape index (κ3) is 4.34. The lowest BCUT2D eigenvalue weighted by Gasteiger charge is -2.25. The van der Waals surface area contributed by atoms with Gasteiger partial charge in [0.2, 0.25) is 15.9 Å². The van der Waals surface area contributed by atoms with Crippen molar-refractivity contribution < 1.29 is 17.9 Å². The number of benzene rings is 2. The van der Waals surface area contributed by atoms with Crippen LogP contribution in [0.5, 0.6) is 5.75 Å². The lowest BCUT2D eigenvalue weighted by molar-refractivity contribution is -0.118. The maximum atomic E-state index is 13.0. The fourth-order valence-corrected chi connectivity index (χ4v) is 5.23. The monoisotopic (exact) mass is 480 g/mol. The van der Waals surface area contributed by atoms with E-state index >= 15 is 0 Å². The van der Waals surface area contributed by atoms with Gasteiger partial charge < -0.3 is 9.64 Å². The summed E-state index contributed by atoms with van der Waals surface area (Å²) in [4.78, 5) is 14.8. The van der Waals surface area contributed by atoms with Crippen LogP contribution in [0.1, 0.15) is 25.0 Å². The zero-order valence-corrected chi connectivity index (χ0v) is 19.4. The van der Waals surface area contributed by atoms with Crippen LogP contribution < -0.4 is 9.64 Å². The Morgan fingerprint density at radius 3 is 2.66 bits per heavy atom. The largest absolute Gasteiger partial charge is 0.494 e. The van der Waals surface area contributed by atoms with E-state index in [2.05, 4.69) is 15.9 Å². The second-order valence-electron chi connectivity index (χ2n) is 7.21. The van der Waals surface area contributed by atoms with Gasteiger partial charge in [0.05, 0.1) is 18.0 Å². The molecule has 1 amide bonds. The van der Waals surface area contributed by atoms with Crippen LogP contribution in [0.3, 0.4) is 0 Å². The first kappa shape index (κ1) is 21.8. The minimum absolute atomic E-state index is 0.0179. The van der Waals surface area contributed by atoms with Crippen LogP contribution in [-0.2, 0) is 21.2 Å². The summed E-state index contributed by atoms with van der Waals surface area (Å²) in [5.74, 6) is 0.408. The predicted molar refractivity (Wildman–Crippen MR) is 117 cm³/mol. The molecule has 2 aromatic carbocycles. The van der Waals surface area contributed by atoms with Crippen LogP contribution >= 0.6 is 15.9 Å². The molecule has 0 unspecified atom stereocenters. The number of anilines is 1. The van der Waals surface area contributed by atoms with Gasteiger partial charge in [-0.2, -0.15) is 4.31 Å². The van der Waals surface area contributed by atoms with Crippen molar-refractivity contribution in [3.8, 4) is 5.75 Å². The quantitative estimate of drug-likeness (QED) is 0.631. The average molecular weight is 481 g/mol. The van der Waals surface area contributed by atoms with Gasteiger partial charge in [-0.3, -0.25) is 4.79 Å². The molecule has 6 nitrogen and oxygen atoms in total. The molecule has 0 radical (unpaired) electrons. The Bertz CT molecular complexity index is 1040. The van der Waals surface area contributed by atoms with E-state index in [1.54, 1.807) is 24.0 Å². The fourth-order valence-electron chi connectivity index (χ4n) is 3.61. The molecule has 0 spiro atoms. The van der Waals surface area contributed by atoms with Gasteiger partial charge in [0.15, 0.2) is 0 Å². The number of carbonyl (C=O) groups excluding carboxylic acids is 1. The maximum Gasteiger partial charge on any atom is 0.243 e. The van der Waals surface area contributed by atoms with E-state index < -0.39 is 10.0 Å². The first-order chi connectivity index (χ1) is 13.6. The molecule has 0 saturated carbocycles. The molecule has 1 aliphatic heterocycles. The van der Waals surface area contributed by atoms with Gasteiger partial charge in [-0.25, -0.2) is 8.42 Å². The maximum absolute atomic E-state index is 13.0. The van der Waals surface area contributed by atoms with Crippen LogP contribution in [0.15, 0.2) is 45.8 Å². The van der Waals surface area contributed by atoms with Crippen molar-refractivity contribution in [1.29, 1.82) is 0 Å². The van der Waals surface area contributed by atoms with Crippen molar-refractivity contribution in [2.75, 3.05) is 25.1 Å². The number of rotatable bonds is 6. The standard InChI is InChI=1S/C21H25BrN2O4S/c1-5-28-20-9-7-18(10-14(20)2)29(26,27)23(4)13-21(25)24-15(3)11-16-12-17(22)6-8-19(16)24/h6-10,12,15H,5,11,13H2,1-4H3/t15-/m1/s1. The molecule has 8 heteroatoms. The Hall–Kier alpha value is -1.90. The molecular weight excluding hydrogens is 456 g/mol. The molecular formula is C21H25BrN2O4S. The number of fused-ring (bicyclic) bond motifs is 1. The molecule has 1 atom stereocenters. The van der Waals surface area contributed by atoms with Gasteiger partial charge in [0, 0.05) is 23.2 Å². The molecule has 0 bridgehead atoms. The third-order valence-electron chi connectivity index (χ3n) is 5.04. The van der Waals surface area contributed by atoms with Crippen molar-refractivity contribution in [2.24, 2.45) is 0 Å². The summed E-state index contributed by atoms with van der Waals surface area (Å²) in [5.41, 5.74) is 2.65. The number of ether oxygens (including phenoxy) is 1. The molecule has 3 rings (SSSR count). The number of carbonyl (C=O) groups is 1. The molecule has 156 valence electrons. The van der Waals surface area contributed by atoms with Crippen LogP contribution in [0.25, 0.3) is 0 Å². The van der Waals surface area contributed by atoms with Crippen LogP contribution in [-0.4, -0.2) is 44.9 Å². The third-order valence-corrected chi connectivity index (χ3v) is 7.33. The minimum Gasteiger partial charge on any atom is -0.494 e. The van der Waals surface area contributed by atoms with Gasteiger partial charge in [0.25, 0.3) is 0 Å². The highest BCUT2D eigenvalue weighted by molar-refractivity contribution is 9.10.